The standard InChI is InChI=1S/C15H14F3N3O/c16-12-3-1-10(2-4-12)11-5-7-20(9-11)14(22)13-6-8-21(19-13)15(17)18/h1-4,6,8,11,15H,5,7,9H2. The van der Waals surface area contributed by atoms with Gasteiger partial charge in [0.1, 0.15) is 5.82 Å². The lowest BCUT2D eigenvalue weighted by Crippen LogP contribution is -2.29. The van der Waals surface area contributed by atoms with Gasteiger partial charge in [0, 0.05) is 25.2 Å². The van der Waals surface area contributed by atoms with Crippen molar-refractivity contribution in [3.8, 4) is 0 Å². The van der Waals surface area contributed by atoms with Crippen LogP contribution >= 0.6 is 0 Å². The molecule has 1 amide bonds. The monoisotopic (exact) mass is 309 g/mol. The second-order valence-corrected chi connectivity index (χ2v) is 5.25. The molecule has 1 fully saturated rings. The number of aromatic nitrogens is 2. The van der Waals surface area contributed by atoms with E-state index in [0.29, 0.717) is 17.8 Å². The number of hydrogen-bond acceptors (Lipinski definition) is 2. The van der Waals surface area contributed by atoms with E-state index in [1.807, 2.05) is 0 Å². The molecule has 0 spiro atoms. The molecule has 7 heteroatoms. The number of alkyl halides is 2. The first-order valence-corrected chi connectivity index (χ1v) is 6.92. The maximum absolute atomic E-state index is 12.9. The number of nitrogens with zero attached hydrogens (tertiary/aromatic N) is 3. The summed E-state index contributed by atoms with van der Waals surface area (Å²) in [6.45, 7) is -1.75. The van der Waals surface area contributed by atoms with Gasteiger partial charge in [-0.25, -0.2) is 9.07 Å². The molecule has 0 saturated carbocycles. The van der Waals surface area contributed by atoms with E-state index >= 15 is 0 Å². The summed E-state index contributed by atoms with van der Waals surface area (Å²) in [6.07, 6.45) is 1.85. The van der Waals surface area contributed by atoms with Crippen LogP contribution in [0.4, 0.5) is 13.2 Å². The van der Waals surface area contributed by atoms with Crippen LogP contribution in [-0.4, -0.2) is 33.7 Å². The van der Waals surface area contributed by atoms with E-state index in [2.05, 4.69) is 5.10 Å². The topological polar surface area (TPSA) is 38.1 Å². The fourth-order valence-corrected chi connectivity index (χ4v) is 2.67. The summed E-state index contributed by atoms with van der Waals surface area (Å²) in [4.78, 5) is 13.8. The van der Waals surface area contributed by atoms with Crippen molar-refractivity contribution >= 4 is 5.91 Å². The zero-order chi connectivity index (χ0) is 15.7. The predicted molar refractivity (Wildman–Crippen MR) is 73.1 cm³/mol. The molecule has 1 aliphatic heterocycles. The van der Waals surface area contributed by atoms with Crippen molar-refractivity contribution in [2.45, 2.75) is 18.9 Å². The molecule has 1 aliphatic rings. The van der Waals surface area contributed by atoms with Gasteiger partial charge in [0.25, 0.3) is 5.91 Å². The SMILES string of the molecule is O=C(c1ccn(C(F)F)n1)N1CCC(c2ccc(F)cc2)C1. The number of rotatable bonds is 3. The van der Waals surface area contributed by atoms with Crippen LogP contribution in [0.25, 0.3) is 0 Å². The molecule has 1 saturated heterocycles. The van der Waals surface area contributed by atoms with Crippen molar-refractivity contribution in [1.82, 2.24) is 14.7 Å². The number of likely N-dealkylation sites (tertiary alicyclic amines) is 1. The Morgan fingerprint density at radius 1 is 1.23 bits per heavy atom. The first-order chi connectivity index (χ1) is 10.5. The minimum Gasteiger partial charge on any atom is -0.337 e. The predicted octanol–water partition coefficient (Wildman–Crippen LogP) is 3.05. The van der Waals surface area contributed by atoms with Gasteiger partial charge in [-0.2, -0.15) is 13.9 Å². The second-order valence-electron chi connectivity index (χ2n) is 5.25. The fourth-order valence-electron chi connectivity index (χ4n) is 2.67. The molecule has 0 aliphatic carbocycles. The van der Waals surface area contributed by atoms with Crippen LogP contribution in [-0.2, 0) is 0 Å². The summed E-state index contributed by atoms with van der Waals surface area (Å²) in [7, 11) is 0. The summed E-state index contributed by atoms with van der Waals surface area (Å²) < 4.78 is 38.4. The van der Waals surface area contributed by atoms with E-state index in [1.165, 1.54) is 18.2 Å². The van der Waals surface area contributed by atoms with Crippen LogP contribution in [0.2, 0.25) is 0 Å². The molecule has 2 heterocycles. The summed E-state index contributed by atoms with van der Waals surface area (Å²) in [6, 6.07) is 7.49. The Morgan fingerprint density at radius 3 is 2.59 bits per heavy atom. The average molecular weight is 309 g/mol. The third-order valence-corrected chi connectivity index (χ3v) is 3.84. The van der Waals surface area contributed by atoms with E-state index < -0.39 is 6.55 Å². The summed E-state index contributed by atoms with van der Waals surface area (Å²) in [5, 5.41) is 3.59. The first-order valence-electron chi connectivity index (χ1n) is 6.92. The third-order valence-electron chi connectivity index (χ3n) is 3.84. The fraction of sp³-hybridized carbons (Fsp3) is 0.333. The van der Waals surface area contributed by atoms with Gasteiger partial charge in [-0.1, -0.05) is 12.1 Å². The summed E-state index contributed by atoms with van der Waals surface area (Å²) in [5.74, 6) is -0.530. The van der Waals surface area contributed by atoms with Crippen LogP contribution in [0.3, 0.4) is 0 Å². The zero-order valence-corrected chi connectivity index (χ0v) is 11.6. The van der Waals surface area contributed by atoms with Gasteiger partial charge in [0.15, 0.2) is 5.69 Å². The second kappa shape index (κ2) is 5.82. The van der Waals surface area contributed by atoms with E-state index in [0.717, 1.165) is 18.2 Å². The van der Waals surface area contributed by atoms with E-state index in [9.17, 15) is 18.0 Å². The van der Waals surface area contributed by atoms with Crippen LogP contribution in [0.15, 0.2) is 36.5 Å². The number of amides is 1. The molecule has 1 unspecified atom stereocenters. The normalized spacial score (nSPS) is 18.2. The van der Waals surface area contributed by atoms with Crippen LogP contribution in [0, 0.1) is 5.82 Å². The Kier molecular flexibility index (Phi) is 3.87. The Bertz CT molecular complexity index is 669. The lowest BCUT2D eigenvalue weighted by molar-refractivity contribution is 0.0553. The number of carbonyl (C=O) groups is 1. The molecule has 22 heavy (non-hydrogen) atoms. The van der Waals surface area contributed by atoms with Gasteiger partial charge in [-0.3, -0.25) is 4.79 Å². The van der Waals surface area contributed by atoms with Crippen LogP contribution in [0.5, 0.6) is 0 Å². The first kappa shape index (κ1) is 14.6. The number of hydrogen-bond donors (Lipinski definition) is 0. The Hall–Kier alpha value is -2.31. The van der Waals surface area contributed by atoms with Gasteiger partial charge in [0.05, 0.1) is 0 Å². The van der Waals surface area contributed by atoms with Crippen LogP contribution < -0.4 is 0 Å². The van der Waals surface area contributed by atoms with Gasteiger partial charge >= 0.3 is 6.55 Å². The third kappa shape index (κ3) is 2.84. The molecule has 116 valence electrons. The van der Waals surface area contributed by atoms with E-state index in [4.69, 9.17) is 0 Å². The van der Waals surface area contributed by atoms with E-state index in [-0.39, 0.29) is 23.3 Å². The highest BCUT2D eigenvalue weighted by atomic mass is 19.3. The maximum atomic E-state index is 12.9. The zero-order valence-electron chi connectivity index (χ0n) is 11.6. The minimum absolute atomic E-state index is 0.0139. The molecule has 0 radical (unpaired) electrons. The van der Waals surface area contributed by atoms with Gasteiger partial charge in [0.2, 0.25) is 0 Å². The Balaban J connectivity index is 1.69. The molecule has 1 atom stereocenters. The van der Waals surface area contributed by atoms with Crippen molar-refractivity contribution in [3.05, 3.63) is 53.6 Å². The highest BCUT2D eigenvalue weighted by Crippen LogP contribution is 2.28. The lowest BCUT2D eigenvalue weighted by Gasteiger charge is -2.15. The van der Waals surface area contributed by atoms with Crippen molar-refractivity contribution in [2.24, 2.45) is 0 Å². The van der Waals surface area contributed by atoms with Gasteiger partial charge < -0.3 is 4.90 Å². The summed E-state index contributed by atoms with van der Waals surface area (Å²) in [5.41, 5.74) is 0.981. The van der Waals surface area contributed by atoms with Crippen LogP contribution in [0.1, 0.15) is 34.9 Å². The molecular formula is C15H14F3N3O. The number of halogens is 3. The average Bonchev–Trinajstić information content (AvgIpc) is 3.17. The molecule has 0 N–H and O–H groups in total. The van der Waals surface area contributed by atoms with Crippen molar-refractivity contribution < 1.29 is 18.0 Å². The van der Waals surface area contributed by atoms with Crippen molar-refractivity contribution in [1.29, 1.82) is 0 Å². The largest absolute Gasteiger partial charge is 0.337 e. The summed E-state index contributed by atoms with van der Waals surface area (Å²) >= 11 is 0. The van der Waals surface area contributed by atoms with Gasteiger partial charge in [-0.15, -0.1) is 0 Å². The Morgan fingerprint density at radius 2 is 1.95 bits per heavy atom. The smallest absolute Gasteiger partial charge is 0.333 e. The van der Waals surface area contributed by atoms with Crippen molar-refractivity contribution in [2.75, 3.05) is 13.1 Å². The molecule has 2 aromatic rings. The molecule has 1 aromatic heterocycles. The highest BCUT2D eigenvalue weighted by molar-refractivity contribution is 5.92. The molecule has 3 rings (SSSR count). The molecule has 1 aromatic carbocycles. The quantitative estimate of drug-likeness (QED) is 0.874. The molecule has 0 bridgehead atoms. The van der Waals surface area contributed by atoms with E-state index in [1.54, 1.807) is 17.0 Å². The van der Waals surface area contributed by atoms with Crippen molar-refractivity contribution in [3.63, 3.8) is 0 Å². The number of benzene rings is 1. The maximum Gasteiger partial charge on any atom is 0.333 e. The lowest BCUT2D eigenvalue weighted by atomic mass is 9.99. The van der Waals surface area contributed by atoms with Gasteiger partial charge in [-0.05, 0) is 30.2 Å². The molecular weight excluding hydrogens is 295 g/mol. The minimum atomic E-state index is -2.76. The highest BCUT2D eigenvalue weighted by Gasteiger charge is 2.29. The molecule has 4 nitrogen and oxygen atoms in total. The Labute approximate surface area is 125 Å². The number of carbonyl (C=O) groups excluding carboxylic acids is 1.